The highest BCUT2D eigenvalue weighted by Crippen LogP contribution is 2.22. The molecule has 1 heterocycles. The molecule has 2 aliphatic rings. The molecule has 2 fully saturated rings. The van der Waals surface area contributed by atoms with Gasteiger partial charge in [-0.1, -0.05) is 43.2 Å². The van der Waals surface area contributed by atoms with Gasteiger partial charge in [0.1, 0.15) is 0 Å². The molecule has 0 radical (unpaired) electrons. The summed E-state index contributed by atoms with van der Waals surface area (Å²) in [5.74, 6) is 0.825. The average molecular weight is 302 g/mol. The molecule has 0 amide bonds. The van der Waals surface area contributed by atoms with E-state index < -0.39 is 0 Å². The number of rotatable bonds is 6. The van der Waals surface area contributed by atoms with Gasteiger partial charge in [0.2, 0.25) is 0 Å². The van der Waals surface area contributed by atoms with Gasteiger partial charge < -0.3 is 15.3 Å². The molecule has 0 spiro atoms. The standard InChI is InChI=1S/C19H30N2O/c22-19(17-6-2-1-3-7-17)15-21-12-10-16(11-13-21)14-20-18-8-4-5-9-18/h1-3,6-7,16,18-20,22H,4-5,8-15H2/t19-/m0/s1. The fourth-order valence-corrected chi connectivity index (χ4v) is 3.86. The van der Waals surface area contributed by atoms with Crippen LogP contribution in [-0.4, -0.2) is 42.2 Å². The maximum atomic E-state index is 10.3. The number of aliphatic hydroxyl groups is 1. The third-order valence-corrected chi connectivity index (χ3v) is 5.37. The third-order valence-electron chi connectivity index (χ3n) is 5.37. The van der Waals surface area contributed by atoms with E-state index in [4.69, 9.17) is 0 Å². The molecule has 3 rings (SSSR count). The summed E-state index contributed by atoms with van der Waals surface area (Å²) in [6, 6.07) is 10.8. The Bertz CT molecular complexity index is 422. The molecule has 0 unspecified atom stereocenters. The Labute approximate surface area is 134 Å². The van der Waals surface area contributed by atoms with Crippen LogP contribution in [0.5, 0.6) is 0 Å². The number of hydrogen-bond acceptors (Lipinski definition) is 3. The molecular formula is C19H30N2O. The van der Waals surface area contributed by atoms with Gasteiger partial charge in [0.05, 0.1) is 6.10 Å². The van der Waals surface area contributed by atoms with Crippen molar-refractivity contribution in [2.45, 2.75) is 50.7 Å². The number of likely N-dealkylation sites (tertiary alicyclic amines) is 1. The van der Waals surface area contributed by atoms with Crippen LogP contribution in [0.25, 0.3) is 0 Å². The van der Waals surface area contributed by atoms with Crippen LogP contribution in [-0.2, 0) is 0 Å². The SMILES string of the molecule is O[C@@H](CN1CCC(CNC2CCCC2)CC1)c1ccccc1. The Balaban J connectivity index is 1.36. The van der Waals surface area contributed by atoms with Gasteiger partial charge in [-0.25, -0.2) is 0 Å². The van der Waals surface area contributed by atoms with E-state index >= 15 is 0 Å². The number of β-amino-alcohol motifs (C(OH)–C–C–N with tert-alkyl or cyclic N) is 1. The van der Waals surface area contributed by atoms with Gasteiger partial charge in [-0.15, -0.1) is 0 Å². The number of aliphatic hydroxyl groups excluding tert-OH is 1. The lowest BCUT2D eigenvalue weighted by Crippen LogP contribution is -2.40. The van der Waals surface area contributed by atoms with E-state index in [-0.39, 0.29) is 6.10 Å². The van der Waals surface area contributed by atoms with E-state index in [0.29, 0.717) is 0 Å². The van der Waals surface area contributed by atoms with Crippen LogP contribution < -0.4 is 5.32 Å². The Morgan fingerprint density at radius 1 is 1.05 bits per heavy atom. The second kappa shape index (κ2) is 8.09. The van der Waals surface area contributed by atoms with Crippen LogP contribution >= 0.6 is 0 Å². The van der Waals surface area contributed by atoms with Crippen molar-refractivity contribution in [3.63, 3.8) is 0 Å². The monoisotopic (exact) mass is 302 g/mol. The van der Waals surface area contributed by atoms with Crippen molar-refractivity contribution < 1.29 is 5.11 Å². The third kappa shape index (κ3) is 4.55. The second-order valence-electron chi connectivity index (χ2n) is 7.06. The van der Waals surface area contributed by atoms with Crippen molar-refractivity contribution in [3.05, 3.63) is 35.9 Å². The predicted molar refractivity (Wildman–Crippen MR) is 90.8 cm³/mol. The van der Waals surface area contributed by atoms with Crippen molar-refractivity contribution in [3.8, 4) is 0 Å². The summed E-state index contributed by atoms with van der Waals surface area (Å²) in [6.45, 7) is 4.22. The molecule has 1 aliphatic carbocycles. The molecule has 22 heavy (non-hydrogen) atoms. The lowest BCUT2D eigenvalue weighted by atomic mass is 9.95. The lowest BCUT2D eigenvalue weighted by Gasteiger charge is -2.33. The molecular weight excluding hydrogens is 272 g/mol. The molecule has 1 aliphatic heterocycles. The molecule has 2 N–H and O–H groups in total. The van der Waals surface area contributed by atoms with E-state index in [2.05, 4.69) is 10.2 Å². The van der Waals surface area contributed by atoms with E-state index in [1.54, 1.807) is 0 Å². The summed E-state index contributed by atoms with van der Waals surface area (Å²) in [4.78, 5) is 2.42. The maximum Gasteiger partial charge on any atom is 0.0916 e. The summed E-state index contributed by atoms with van der Waals surface area (Å²) in [7, 11) is 0. The number of benzene rings is 1. The molecule has 1 saturated heterocycles. The summed E-state index contributed by atoms with van der Waals surface area (Å²) in [6.07, 6.45) is 7.75. The first-order valence-corrected chi connectivity index (χ1v) is 9.00. The van der Waals surface area contributed by atoms with Crippen LogP contribution in [0.1, 0.15) is 50.2 Å². The van der Waals surface area contributed by atoms with E-state index in [1.165, 1.54) is 45.1 Å². The van der Waals surface area contributed by atoms with Crippen molar-refractivity contribution in [2.24, 2.45) is 5.92 Å². The number of hydrogen-bond donors (Lipinski definition) is 2. The molecule has 1 aromatic rings. The largest absolute Gasteiger partial charge is 0.387 e. The van der Waals surface area contributed by atoms with Gasteiger partial charge in [-0.05, 0) is 56.8 Å². The Hall–Kier alpha value is -0.900. The van der Waals surface area contributed by atoms with Crippen LogP contribution in [0.2, 0.25) is 0 Å². The highest BCUT2D eigenvalue weighted by Gasteiger charge is 2.22. The minimum absolute atomic E-state index is 0.352. The first-order valence-electron chi connectivity index (χ1n) is 9.00. The zero-order chi connectivity index (χ0) is 15.2. The number of nitrogens with one attached hydrogen (secondary N) is 1. The van der Waals surface area contributed by atoms with E-state index in [9.17, 15) is 5.11 Å². The van der Waals surface area contributed by atoms with Gasteiger partial charge >= 0.3 is 0 Å². The lowest BCUT2D eigenvalue weighted by molar-refractivity contribution is 0.0887. The first-order chi connectivity index (χ1) is 10.8. The molecule has 1 saturated carbocycles. The van der Waals surface area contributed by atoms with Crippen LogP contribution in [0.4, 0.5) is 0 Å². The highest BCUT2D eigenvalue weighted by molar-refractivity contribution is 5.17. The van der Waals surface area contributed by atoms with Crippen LogP contribution in [0.3, 0.4) is 0 Å². The van der Waals surface area contributed by atoms with Gasteiger partial charge in [0.15, 0.2) is 0 Å². The van der Waals surface area contributed by atoms with Crippen LogP contribution in [0.15, 0.2) is 30.3 Å². The zero-order valence-electron chi connectivity index (χ0n) is 13.6. The molecule has 3 heteroatoms. The van der Waals surface area contributed by atoms with Crippen molar-refractivity contribution in [2.75, 3.05) is 26.2 Å². The van der Waals surface area contributed by atoms with Gasteiger partial charge in [-0.2, -0.15) is 0 Å². The number of piperidine rings is 1. The molecule has 122 valence electrons. The van der Waals surface area contributed by atoms with E-state index in [1.807, 2.05) is 30.3 Å². The second-order valence-corrected chi connectivity index (χ2v) is 7.06. The quantitative estimate of drug-likeness (QED) is 0.848. The molecule has 1 aromatic carbocycles. The van der Waals surface area contributed by atoms with E-state index in [0.717, 1.165) is 37.2 Å². The molecule has 3 nitrogen and oxygen atoms in total. The van der Waals surface area contributed by atoms with Crippen LogP contribution in [0, 0.1) is 5.92 Å². The number of nitrogens with zero attached hydrogens (tertiary/aromatic N) is 1. The molecule has 0 aromatic heterocycles. The summed E-state index contributed by atoms with van der Waals surface area (Å²) in [5, 5.41) is 14.1. The fraction of sp³-hybridized carbons (Fsp3) is 0.684. The topological polar surface area (TPSA) is 35.5 Å². The van der Waals surface area contributed by atoms with Gasteiger partial charge in [-0.3, -0.25) is 0 Å². The molecule has 1 atom stereocenters. The summed E-state index contributed by atoms with van der Waals surface area (Å²) < 4.78 is 0. The summed E-state index contributed by atoms with van der Waals surface area (Å²) in [5.41, 5.74) is 1.03. The minimum Gasteiger partial charge on any atom is -0.387 e. The molecule has 0 bridgehead atoms. The minimum atomic E-state index is -0.352. The zero-order valence-corrected chi connectivity index (χ0v) is 13.6. The fourth-order valence-electron chi connectivity index (χ4n) is 3.86. The average Bonchev–Trinajstić information content (AvgIpc) is 3.08. The highest BCUT2D eigenvalue weighted by atomic mass is 16.3. The van der Waals surface area contributed by atoms with Gasteiger partial charge in [0.25, 0.3) is 0 Å². The van der Waals surface area contributed by atoms with Crippen molar-refractivity contribution in [1.29, 1.82) is 0 Å². The smallest absolute Gasteiger partial charge is 0.0916 e. The maximum absolute atomic E-state index is 10.3. The predicted octanol–water partition coefficient (Wildman–Crippen LogP) is 2.96. The Morgan fingerprint density at radius 2 is 1.73 bits per heavy atom. The Morgan fingerprint density at radius 3 is 2.41 bits per heavy atom. The Kier molecular flexibility index (Phi) is 5.88. The first kappa shape index (κ1) is 16.0. The van der Waals surface area contributed by atoms with Crippen molar-refractivity contribution in [1.82, 2.24) is 10.2 Å². The summed E-state index contributed by atoms with van der Waals surface area (Å²) >= 11 is 0. The van der Waals surface area contributed by atoms with Gasteiger partial charge in [0, 0.05) is 12.6 Å². The normalized spacial score (nSPS) is 23.0. The van der Waals surface area contributed by atoms with Crippen molar-refractivity contribution >= 4 is 0 Å².